The van der Waals surface area contributed by atoms with E-state index in [0.717, 1.165) is 27.4 Å². The average Bonchev–Trinajstić information content (AvgIpc) is 2.38. The molecule has 0 aliphatic rings. The second-order valence-electron chi connectivity index (χ2n) is 4.28. The number of carbonyl (C=O) groups is 1. The molecule has 0 saturated heterocycles. The van der Waals surface area contributed by atoms with Crippen LogP contribution < -0.4 is 5.73 Å². The van der Waals surface area contributed by atoms with Crippen LogP contribution in [-0.2, 0) is 11.2 Å². The predicted octanol–water partition coefficient (Wildman–Crippen LogP) is 2.46. The molecule has 0 fully saturated rings. The van der Waals surface area contributed by atoms with Crippen LogP contribution in [0.3, 0.4) is 0 Å². The number of nitrogens with zero attached hydrogens (tertiary/aromatic N) is 2. The van der Waals surface area contributed by atoms with Gasteiger partial charge in [-0.05, 0) is 35.9 Å². The van der Waals surface area contributed by atoms with Crippen molar-refractivity contribution in [3.05, 3.63) is 47.2 Å². The summed E-state index contributed by atoms with van der Waals surface area (Å²) < 4.78 is 0. The predicted molar refractivity (Wildman–Crippen MR) is 75.0 cm³/mol. The number of aromatic nitrogens is 2. The molecule has 2 heterocycles. The molecule has 94 valence electrons. The van der Waals surface area contributed by atoms with Crippen molar-refractivity contribution in [3.63, 3.8) is 0 Å². The van der Waals surface area contributed by atoms with Crippen LogP contribution in [-0.4, -0.2) is 15.9 Å². The smallest absolute Gasteiger partial charge is 0.221 e. The quantitative estimate of drug-likeness (QED) is 0.575. The van der Waals surface area contributed by atoms with Gasteiger partial charge in [0, 0.05) is 17.0 Å². The number of rotatable bonds is 2. The maximum Gasteiger partial charge on any atom is 0.221 e. The van der Waals surface area contributed by atoms with E-state index < -0.39 is 0 Å². The molecule has 0 spiro atoms. The van der Waals surface area contributed by atoms with Gasteiger partial charge in [-0.25, -0.2) is 4.98 Å². The Morgan fingerprint density at radius 2 is 2.11 bits per heavy atom. The molecule has 4 nitrogen and oxygen atoms in total. The number of benzene rings is 1. The highest BCUT2D eigenvalue weighted by molar-refractivity contribution is 6.30. The number of halogens is 1. The van der Waals surface area contributed by atoms with Gasteiger partial charge < -0.3 is 5.73 Å². The van der Waals surface area contributed by atoms with Crippen LogP contribution in [0.2, 0.25) is 5.15 Å². The van der Waals surface area contributed by atoms with Crippen LogP contribution in [0.5, 0.6) is 0 Å². The summed E-state index contributed by atoms with van der Waals surface area (Å²) in [6.45, 7) is 0. The van der Waals surface area contributed by atoms with Gasteiger partial charge >= 0.3 is 0 Å². The van der Waals surface area contributed by atoms with Gasteiger partial charge in [0.25, 0.3) is 0 Å². The van der Waals surface area contributed by atoms with Gasteiger partial charge in [-0.1, -0.05) is 11.6 Å². The highest BCUT2D eigenvalue weighted by Gasteiger charge is 2.10. The summed E-state index contributed by atoms with van der Waals surface area (Å²) >= 11 is 5.95. The molecule has 1 aromatic carbocycles. The average molecular weight is 272 g/mol. The van der Waals surface area contributed by atoms with Gasteiger partial charge in [0.15, 0.2) is 0 Å². The van der Waals surface area contributed by atoms with E-state index in [4.69, 9.17) is 17.3 Å². The number of fused-ring (bicyclic) bond motifs is 3. The van der Waals surface area contributed by atoms with Crippen molar-refractivity contribution >= 4 is 39.3 Å². The molecule has 0 radical (unpaired) electrons. The molecule has 2 N–H and O–H groups in total. The minimum absolute atomic E-state index is 0.159. The number of nitrogens with two attached hydrogens (primary N) is 1. The summed E-state index contributed by atoms with van der Waals surface area (Å²) in [5.74, 6) is -0.383. The summed E-state index contributed by atoms with van der Waals surface area (Å²) in [5, 5.41) is 2.20. The molecule has 2 aromatic heterocycles. The Bertz CT molecular complexity index is 801. The summed E-state index contributed by atoms with van der Waals surface area (Å²) in [6, 6.07) is 9.21. The second-order valence-corrected chi connectivity index (χ2v) is 4.67. The lowest BCUT2D eigenvalue weighted by molar-refractivity contribution is -0.117. The van der Waals surface area contributed by atoms with Crippen LogP contribution in [0.15, 0.2) is 36.5 Å². The van der Waals surface area contributed by atoms with Crippen LogP contribution in [0, 0.1) is 0 Å². The Hall–Kier alpha value is -2.20. The molecule has 0 unspecified atom stereocenters. The molecule has 3 aromatic rings. The molecule has 0 atom stereocenters. The normalized spacial score (nSPS) is 11.0. The van der Waals surface area contributed by atoms with Crippen molar-refractivity contribution in [2.75, 3.05) is 0 Å². The molecule has 0 bridgehead atoms. The van der Waals surface area contributed by atoms with Gasteiger partial charge in [0.2, 0.25) is 5.91 Å². The van der Waals surface area contributed by atoms with Crippen LogP contribution in [0.25, 0.3) is 21.8 Å². The van der Waals surface area contributed by atoms with E-state index >= 15 is 0 Å². The Morgan fingerprint density at radius 3 is 2.89 bits per heavy atom. The number of primary amides is 1. The van der Waals surface area contributed by atoms with E-state index in [1.807, 2.05) is 24.3 Å². The minimum Gasteiger partial charge on any atom is -0.369 e. The summed E-state index contributed by atoms with van der Waals surface area (Å²) in [6.07, 6.45) is 1.86. The van der Waals surface area contributed by atoms with Crippen LogP contribution in [0.1, 0.15) is 5.56 Å². The van der Waals surface area contributed by atoms with Gasteiger partial charge in [-0.15, -0.1) is 0 Å². The molecule has 5 heteroatoms. The number of pyridine rings is 2. The monoisotopic (exact) mass is 271 g/mol. The van der Waals surface area contributed by atoms with E-state index in [1.54, 1.807) is 12.3 Å². The molecule has 0 aliphatic carbocycles. The summed E-state index contributed by atoms with van der Waals surface area (Å²) in [5.41, 5.74) is 7.62. The van der Waals surface area contributed by atoms with Crippen molar-refractivity contribution in [2.45, 2.75) is 6.42 Å². The van der Waals surface area contributed by atoms with Crippen molar-refractivity contribution in [1.82, 2.24) is 9.97 Å². The van der Waals surface area contributed by atoms with Gasteiger partial charge in [-0.2, -0.15) is 0 Å². The number of amides is 1. The molecule has 0 aliphatic heterocycles. The number of carbonyl (C=O) groups excluding carboxylic acids is 1. The lowest BCUT2D eigenvalue weighted by Gasteiger charge is -2.08. The molecular formula is C14H10ClN3O. The van der Waals surface area contributed by atoms with Gasteiger partial charge in [0.05, 0.1) is 17.5 Å². The third kappa shape index (κ3) is 2.11. The maximum atomic E-state index is 11.2. The minimum atomic E-state index is -0.383. The first kappa shape index (κ1) is 11.9. The fourth-order valence-corrected chi connectivity index (χ4v) is 2.36. The van der Waals surface area contributed by atoms with Gasteiger partial charge in [-0.3, -0.25) is 9.78 Å². The Labute approximate surface area is 114 Å². The van der Waals surface area contributed by atoms with Gasteiger partial charge in [0.1, 0.15) is 5.15 Å². The fraction of sp³-hybridized carbons (Fsp3) is 0.0714. The maximum absolute atomic E-state index is 11.2. The second kappa shape index (κ2) is 4.48. The van der Waals surface area contributed by atoms with Crippen molar-refractivity contribution < 1.29 is 4.79 Å². The fourth-order valence-electron chi connectivity index (χ4n) is 2.21. The van der Waals surface area contributed by atoms with Crippen molar-refractivity contribution in [3.8, 4) is 0 Å². The highest BCUT2D eigenvalue weighted by Crippen LogP contribution is 2.27. The lowest BCUT2D eigenvalue weighted by Crippen LogP contribution is -2.14. The Kier molecular flexibility index (Phi) is 2.80. The first-order valence-electron chi connectivity index (χ1n) is 5.76. The van der Waals surface area contributed by atoms with E-state index in [1.165, 1.54) is 0 Å². The SMILES string of the molecule is NC(=O)Cc1cc2ncccc2c2nc(Cl)ccc12. The van der Waals surface area contributed by atoms with E-state index in [0.29, 0.717) is 5.15 Å². The van der Waals surface area contributed by atoms with Crippen LogP contribution >= 0.6 is 11.6 Å². The largest absolute Gasteiger partial charge is 0.369 e. The highest BCUT2D eigenvalue weighted by atomic mass is 35.5. The Balaban J connectivity index is 2.44. The first-order valence-corrected chi connectivity index (χ1v) is 6.14. The molecule has 19 heavy (non-hydrogen) atoms. The van der Waals surface area contributed by atoms with Crippen LogP contribution in [0.4, 0.5) is 0 Å². The summed E-state index contributed by atoms with van der Waals surface area (Å²) in [4.78, 5) is 19.8. The number of hydrogen-bond acceptors (Lipinski definition) is 3. The summed E-state index contributed by atoms with van der Waals surface area (Å²) in [7, 11) is 0. The van der Waals surface area contributed by atoms with Crippen molar-refractivity contribution in [2.24, 2.45) is 5.73 Å². The standard InChI is InChI=1S/C14H10ClN3O/c15-12-4-3-9-8(7-13(16)19)6-11-10(14(9)18-12)2-1-5-17-11/h1-6H,7H2,(H2,16,19). The van der Waals surface area contributed by atoms with E-state index in [9.17, 15) is 4.79 Å². The zero-order valence-corrected chi connectivity index (χ0v) is 10.7. The molecular weight excluding hydrogens is 262 g/mol. The third-order valence-electron chi connectivity index (χ3n) is 2.98. The zero-order chi connectivity index (χ0) is 13.4. The van der Waals surface area contributed by atoms with E-state index in [2.05, 4.69) is 9.97 Å². The topological polar surface area (TPSA) is 68.9 Å². The molecule has 0 saturated carbocycles. The Morgan fingerprint density at radius 1 is 1.26 bits per heavy atom. The van der Waals surface area contributed by atoms with Crippen molar-refractivity contribution in [1.29, 1.82) is 0 Å². The molecule has 3 rings (SSSR count). The number of hydrogen-bond donors (Lipinski definition) is 1. The first-order chi connectivity index (χ1) is 9.15. The van der Waals surface area contributed by atoms with E-state index in [-0.39, 0.29) is 12.3 Å². The zero-order valence-electron chi connectivity index (χ0n) is 9.93. The third-order valence-corrected chi connectivity index (χ3v) is 3.19. The molecule has 1 amide bonds. The lowest BCUT2D eigenvalue weighted by atomic mass is 10.0.